The SMILES string of the molecule is COc1ccccc1C1(C(=O)NCc2ccc(C)cc2)CC1. The number of para-hydroxylation sites is 1. The van der Waals surface area contributed by atoms with Gasteiger partial charge in [-0.25, -0.2) is 0 Å². The van der Waals surface area contributed by atoms with E-state index in [1.807, 2.05) is 24.3 Å². The molecule has 0 spiro atoms. The lowest BCUT2D eigenvalue weighted by atomic mass is 9.94. The number of benzene rings is 2. The summed E-state index contributed by atoms with van der Waals surface area (Å²) in [6, 6.07) is 16.0. The van der Waals surface area contributed by atoms with Crippen molar-refractivity contribution in [1.29, 1.82) is 0 Å². The second-order valence-electron chi connectivity index (χ2n) is 5.95. The lowest BCUT2D eigenvalue weighted by molar-refractivity contribution is -0.123. The summed E-state index contributed by atoms with van der Waals surface area (Å²) in [5, 5.41) is 3.08. The number of amides is 1. The van der Waals surface area contributed by atoms with E-state index in [0.717, 1.165) is 29.7 Å². The first-order chi connectivity index (χ1) is 10.7. The van der Waals surface area contributed by atoms with E-state index in [-0.39, 0.29) is 5.91 Å². The summed E-state index contributed by atoms with van der Waals surface area (Å²) < 4.78 is 5.42. The zero-order chi connectivity index (χ0) is 15.6. The van der Waals surface area contributed by atoms with Gasteiger partial charge in [-0.05, 0) is 31.4 Å². The predicted molar refractivity (Wildman–Crippen MR) is 86.9 cm³/mol. The van der Waals surface area contributed by atoms with Crippen LogP contribution in [0.5, 0.6) is 5.75 Å². The van der Waals surface area contributed by atoms with Gasteiger partial charge in [0.05, 0.1) is 12.5 Å². The number of methoxy groups -OCH3 is 1. The van der Waals surface area contributed by atoms with Crippen LogP contribution in [0.3, 0.4) is 0 Å². The van der Waals surface area contributed by atoms with Gasteiger partial charge in [-0.3, -0.25) is 4.79 Å². The van der Waals surface area contributed by atoms with Gasteiger partial charge in [0.15, 0.2) is 0 Å². The van der Waals surface area contributed by atoms with Gasteiger partial charge in [-0.1, -0.05) is 48.0 Å². The Bertz CT molecular complexity index is 672. The fourth-order valence-corrected chi connectivity index (χ4v) is 2.84. The van der Waals surface area contributed by atoms with E-state index in [2.05, 4.69) is 36.5 Å². The molecule has 0 atom stereocenters. The molecule has 114 valence electrons. The molecular formula is C19H21NO2. The zero-order valence-corrected chi connectivity index (χ0v) is 13.1. The highest BCUT2D eigenvalue weighted by Gasteiger charge is 2.52. The van der Waals surface area contributed by atoms with Crippen molar-refractivity contribution in [2.45, 2.75) is 31.7 Å². The maximum Gasteiger partial charge on any atom is 0.231 e. The number of rotatable bonds is 5. The molecule has 2 aromatic carbocycles. The molecule has 2 aromatic rings. The van der Waals surface area contributed by atoms with Crippen molar-refractivity contribution in [3.8, 4) is 5.75 Å². The molecule has 1 fully saturated rings. The van der Waals surface area contributed by atoms with Crippen LogP contribution in [0.25, 0.3) is 0 Å². The molecule has 0 radical (unpaired) electrons. The van der Waals surface area contributed by atoms with E-state index in [1.165, 1.54) is 5.56 Å². The van der Waals surface area contributed by atoms with Crippen molar-refractivity contribution < 1.29 is 9.53 Å². The Morgan fingerprint density at radius 3 is 2.45 bits per heavy atom. The lowest BCUT2D eigenvalue weighted by Gasteiger charge is -2.18. The minimum atomic E-state index is -0.405. The van der Waals surface area contributed by atoms with Crippen molar-refractivity contribution in [3.05, 3.63) is 65.2 Å². The first-order valence-electron chi connectivity index (χ1n) is 7.63. The molecule has 1 N–H and O–H groups in total. The standard InChI is InChI=1S/C19H21NO2/c1-14-7-9-15(10-8-14)13-20-18(21)19(11-12-19)16-5-3-4-6-17(16)22-2/h3-10H,11-13H2,1-2H3,(H,20,21). The van der Waals surface area contributed by atoms with Gasteiger partial charge in [0.1, 0.15) is 5.75 Å². The summed E-state index contributed by atoms with van der Waals surface area (Å²) in [5.74, 6) is 0.892. The summed E-state index contributed by atoms with van der Waals surface area (Å²) in [4.78, 5) is 12.7. The van der Waals surface area contributed by atoms with Gasteiger partial charge in [0.25, 0.3) is 0 Å². The van der Waals surface area contributed by atoms with Gasteiger partial charge < -0.3 is 10.1 Å². The van der Waals surface area contributed by atoms with E-state index in [0.29, 0.717) is 6.54 Å². The van der Waals surface area contributed by atoms with E-state index in [4.69, 9.17) is 4.74 Å². The number of carbonyl (C=O) groups excluding carboxylic acids is 1. The van der Waals surface area contributed by atoms with E-state index in [1.54, 1.807) is 7.11 Å². The molecule has 1 amide bonds. The first-order valence-corrected chi connectivity index (χ1v) is 7.63. The van der Waals surface area contributed by atoms with Crippen LogP contribution in [0.4, 0.5) is 0 Å². The van der Waals surface area contributed by atoms with Crippen LogP contribution >= 0.6 is 0 Å². The zero-order valence-electron chi connectivity index (χ0n) is 13.1. The fraction of sp³-hybridized carbons (Fsp3) is 0.316. The van der Waals surface area contributed by atoms with Crippen LogP contribution < -0.4 is 10.1 Å². The Balaban J connectivity index is 1.73. The minimum Gasteiger partial charge on any atom is -0.496 e. The van der Waals surface area contributed by atoms with Crippen molar-refractivity contribution in [3.63, 3.8) is 0 Å². The van der Waals surface area contributed by atoms with Crippen molar-refractivity contribution in [2.24, 2.45) is 0 Å². The predicted octanol–water partition coefficient (Wildman–Crippen LogP) is 3.35. The molecule has 0 saturated heterocycles. The molecule has 1 saturated carbocycles. The number of ether oxygens (including phenoxy) is 1. The Morgan fingerprint density at radius 1 is 1.14 bits per heavy atom. The molecule has 0 aromatic heterocycles. The van der Waals surface area contributed by atoms with Gasteiger partial charge in [-0.2, -0.15) is 0 Å². The van der Waals surface area contributed by atoms with Crippen LogP contribution in [-0.2, 0) is 16.8 Å². The van der Waals surface area contributed by atoms with Crippen molar-refractivity contribution in [1.82, 2.24) is 5.32 Å². The summed E-state index contributed by atoms with van der Waals surface area (Å²) in [6.45, 7) is 2.62. The Hall–Kier alpha value is -2.29. The smallest absolute Gasteiger partial charge is 0.231 e. The lowest BCUT2D eigenvalue weighted by Crippen LogP contribution is -2.34. The number of nitrogens with one attached hydrogen (secondary N) is 1. The fourth-order valence-electron chi connectivity index (χ4n) is 2.84. The van der Waals surface area contributed by atoms with Crippen LogP contribution in [0.1, 0.15) is 29.5 Å². The highest BCUT2D eigenvalue weighted by Crippen LogP contribution is 2.51. The Morgan fingerprint density at radius 2 is 1.82 bits per heavy atom. The largest absolute Gasteiger partial charge is 0.496 e. The van der Waals surface area contributed by atoms with Crippen LogP contribution in [-0.4, -0.2) is 13.0 Å². The molecule has 3 nitrogen and oxygen atoms in total. The average molecular weight is 295 g/mol. The van der Waals surface area contributed by atoms with Crippen LogP contribution in [0.15, 0.2) is 48.5 Å². The molecule has 0 unspecified atom stereocenters. The van der Waals surface area contributed by atoms with Crippen LogP contribution in [0.2, 0.25) is 0 Å². The summed E-state index contributed by atoms with van der Waals surface area (Å²) in [6.07, 6.45) is 1.76. The molecule has 1 aliphatic rings. The molecule has 0 bridgehead atoms. The summed E-state index contributed by atoms with van der Waals surface area (Å²) >= 11 is 0. The Labute approximate surface area is 131 Å². The third kappa shape index (κ3) is 2.71. The van der Waals surface area contributed by atoms with E-state index >= 15 is 0 Å². The molecule has 3 rings (SSSR count). The molecule has 1 aliphatic carbocycles. The quantitative estimate of drug-likeness (QED) is 0.918. The number of carbonyl (C=O) groups is 1. The van der Waals surface area contributed by atoms with Crippen molar-refractivity contribution in [2.75, 3.05) is 7.11 Å². The molecule has 0 aliphatic heterocycles. The second kappa shape index (κ2) is 5.84. The maximum absolute atomic E-state index is 12.7. The van der Waals surface area contributed by atoms with Gasteiger partial charge in [-0.15, -0.1) is 0 Å². The number of hydrogen-bond donors (Lipinski definition) is 1. The van der Waals surface area contributed by atoms with Gasteiger partial charge in [0, 0.05) is 12.1 Å². The third-order valence-corrected chi connectivity index (χ3v) is 4.38. The second-order valence-corrected chi connectivity index (χ2v) is 5.95. The monoisotopic (exact) mass is 295 g/mol. The molecular weight excluding hydrogens is 274 g/mol. The van der Waals surface area contributed by atoms with E-state index in [9.17, 15) is 4.79 Å². The Kier molecular flexibility index (Phi) is 3.88. The highest BCUT2D eigenvalue weighted by atomic mass is 16.5. The maximum atomic E-state index is 12.7. The van der Waals surface area contributed by atoms with Gasteiger partial charge >= 0.3 is 0 Å². The van der Waals surface area contributed by atoms with E-state index < -0.39 is 5.41 Å². The van der Waals surface area contributed by atoms with Crippen molar-refractivity contribution >= 4 is 5.91 Å². The number of hydrogen-bond acceptors (Lipinski definition) is 2. The van der Waals surface area contributed by atoms with Crippen LogP contribution in [0, 0.1) is 6.92 Å². The highest BCUT2D eigenvalue weighted by molar-refractivity contribution is 5.92. The third-order valence-electron chi connectivity index (χ3n) is 4.38. The topological polar surface area (TPSA) is 38.3 Å². The normalized spacial score (nSPS) is 15.2. The first kappa shape index (κ1) is 14.6. The molecule has 22 heavy (non-hydrogen) atoms. The molecule has 0 heterocycles. The summed E-state index contributed by atoms with van der Waals surface area (Å²) in [5.41, 5.74) is 2.94. The average Bonchev–Trinajstić information content (AvgIpc) is 3.36. The summed E-state index contributed by atoms with van der Waals surface area (Å²) in [7, 11) is 1.65. The molecule has 3 heteroatoms. The minimum absolute atomic E-state index is 0.0950. The van der Waals surface area contributed by atoms with Gasteiger partial charge in [0.2, 0.25) is 5.91 Å². The number of aryl methyl sites for hydroxylation is 1.